The number of rotatable bonds is 4. The molecular weight excluding hydrogens is 566 g/mol. The molecule has 2 fully saturated rings. The lowest BCUT2D eigenvalue weighted by atomic mass is 9.84. The van der Waals surface area contributed by atoms with Gasteiger partial charge in [-0.3, -0.25) is 9.69 Å². The molecule has 10 heteroatoms. The number of nitrogens with one attached hydrogen (secondary N) is 1. The second kappa shape index (κ2) is 11.9. The van der Waals surface area contributed by atoms with Gasteiger partial charge in [-0.1, -0.05) is 42.5 Å². The molecular formula is C33H39N3O6S. The van der Waals surface area contributed by atoms with E-state index in [2.05, 4.69) is 35.3 Å². The van der Waals surface area contributed by atoms with Gasteiger partial charge in [0.25, 0.3) is 0 Å². The van der Waals surface area contributed by atoms with Gasteiger partial charge in [-0.05, 0) is 66.3 Å². The van der Waals surface area contributed by atoms with Gasteiger partial charge in [0.1, 0.15) is 22.4 Å². The summed E-state index contributed by atoms with van der Waals surface area (Å²) in [6, 6.07) is 19.9. The first-order chi connectivity index (χ1) is 20.7. The average Bonchev–Trinajstić information content (AvgIpc) is 3.41. The highest BCUT2D eigenvalue weighted by Gasteiger charge is 2.47. The molecule has 0 aliphatic carbocycles. The maximum atomic E-state index is 14.0. The van der Waals surface area contributed by atoms with Gasteiger partial charge in [0.15, 0.2) is 0 Å². The number of amides is 1. The van der Waals surface area contributed by atoms with Crippen molar-refractivity contribution in [3.63, 3.8) is 0 Å². The number of nitrogens with zero attached hydrogens (tertiary/aromatic N) is 2. The molecule has 0 saturated carbocycles. The van der Waals surface area contributed by atoms with Crippen LogP contribution in [-0.2, 0) is 21.4 Å². The Hall–Kier alpha value is -3.44. The Morgan fingerprint density at radius 2 is 1.79 bits per heavy atom. The molecule has 9 nitrogen and oxygen atoms in total. The third kappa shape index (κ3) is 6.02. The SMILES string of the molecule is COc1cccc(-c2ccc3c(c2)OCCC2(CCN(Cc4ccccc4C)CC2)NC(=O)[C@@H]2C[C@@H](O)CN2S3(=O)=O)c1. The van der Waals surface area contributed by atoms with Crippen LogP contribution in [-0.4, -0.2) is 79.7 Å². The fourth-order valence-electron chi connectivity index (χ4n) is 6.54. The Bertz CT molecular complexity index is 1600. The number of aliphatic hydroxyl groups is 1. The van der Waals surface area contributed by atoms with E-state index < -0.39 is 27.7 Å². The number of methoxy groups -OCH3 is 1. The maximum absolute atomic E-state index is 14.0. The lowest BCUT2D eigenvalue weighted by Crippen LogP contribution is -2.59. The molecule has 2 saturated heterocycles. The lowest BCUT2D eigenvalue weighted by Gasteiger charge is -2.43. The zero-order valence-electron chi connectivity index (χ0n) is 24.7. The smallest absolute Gasteiger partial charge is 0.247 e. The van der Waals surface area contributed by atoms with Crippen LogP contribution in [0.4, 0.5) is 0 Å². The normalized spacial score (nSPS) is 23.8. The molecule has 2 N–H and O–H groups in total. The Kier molecular flexibility index (Phi) is 8.21. The number of piperidine rings is 1. The topological polar surface area (TPSA) is 108 Å². The Morgan fingerprint density at radius 3 is 2.56 bits per heavy atom. The van der Waals surface area contributed by atoms with Crippen LogP contribution in [0.5, 0.6) is 11.5 Å². The molecule has 1 spiro atoms. The van der Waals surface area contributed by atoms with Crippen LogP contribution in [0, 0.1) is 6.92 Å². The van der Waals surface area contributed by atoms with Crippen molar-refractivity contribution in [1.82, 2.24) is 14.5 Å². The highest BCUT2D eigenvalue weighted by Crippen LogP contribution is 2.38. The Labute approximate surface area is 253 Å². The number of carbonyl (C=O) groups excluding carboxylic acids is 1. The van der Waals surface area contributed by atoms with Gasteiger partial charge in [0, 0.05) is 44.6 Å². The summed E-state index contributed by atoms with van der Waals surface area (Å²) in [6.07, 6.45) is 1.09. The Balaban J connectivity index is 1.31. The van der Waals surface area contributed by atoms with Gasteiger partial charge < -0.3 is 19.9 Å². The van der Waals surface area contributed by atoms with Gasteiger partial charge in [-0.15, -0.1) is 0 Å². The van der Waals surface area contributed by atoms with Crippen molar-refractivity contribution in [2.75, 3.05) is 33.4 Å². The lowest BCUT2D eigenvalue weighted by molar-refractivity contribution is -0.127. The summed E-state index contributed by atoms with van der Waals surface area (Å²) in [5.41, 5.74) is 3.65. The van der Waals surface area contributed by atoms with Crippen molar-refractivity contribution >= 4 is 15.9 Å². The van der Waals surface area contributed by atoms with Crippen molar-refractivity contribution < 1.29 is 27.8 Å². The summed E-state index contributed by atoms with van der Waals surface area (Å²) in [7, 11) is -2.55. The predicted molar refractivity (Wildman–Crippen MR) is 163 cm³/mol. The number of ether oxygens (including phenoxy) is 2. The highest BCUT2D eigenvalue weighted by molar-refractivity contribution is 7.89. The van der Waals surface area contributed by atoms with E-state index in [-0.39, 0.29) is 36.1 Å². The van der Waals surface area contributed by atoms with Crippen molar-refractivity contribution in [3.8, 4) is 22.6 Å². The number of sulfonamides is 1. The number of fused-ring (bicyclic) bond motifs is 2. The van der Waals surface area contributed by atoms with Gasteiger partial charge in [-0.2, -0.15) is 4.31 Å². The Morgan fingerprint density at radius 1 is 1.02 bits per heavy atom. The summed E-state index contributed by atoms with van der Waals surface area (Å²) in [4.78, 5) is 16.2. The summed E-state index contributed by atoms with van der Waals surface area (Å²) in [5, 5.41) is 13.8. The van der Waals surface area contributed by atoms with Crippen LogP contribution in [0.25, 0.3) is 11.1 Å². The van der Waals surface area contributed by atoms with Crippen molar-refractivity contribution in [2.45, 2.75) is 61.7 Å². The number of benzene rings is 3. The second-order valence-corrected chi connectivity index (χ2v) is 13.8. The monoisotopic (exact) mass is 605 g/mol. The van der Waals surface area contributed by atoms with Gasteiger partial charge >= 0.3 is 0 Å². The van der Waals surface area contributed by atoms with Gasteiger partial charge in [-0.25, -0.2) is 8.42 Å². The molecule has 1 amide bonds. The number of aryl methyl sites for hydroxylation is 1. The molecule has 0 radical (unpaired) electrons. The molecule has 3 heterocycles. The van der Waals surface area contributed by atoms with E-state index in [0.717, 1.165) is 35.1 Å². The van der Waals surface area contributed by atoms with Crippen LogP contribution in [0.3, 0.4) is 0 Å². The molecule has 6 rings (SSSR count). The van der Waals surface area contributed by atoms with Crippen LogP contribution < -0.4 is 14.8 Å². The van der Waals surface area contributed by atoms with E-state index in [4.69, 9.17) is 9.47 Å². The molecule has 43 heavy (non-hydrogen) atoms. The zero-order chi connectivity index (χ0) is 30.2. The molecule has 0 aromatic heterocycles. The summed E-state index contributed by atoms with van der Waals surface area (Å²) < 4.78 is 40.8. The van der Waals surface area contributed by atoms with Gasteiger partial charge in [0.05, 0.1) is 19.8 Å². The summed E-state index contributed by atoms with van der Waals surface area (Å²) in [6.45, 7) is 4.65. The highest BCUT2D eigenvalue weighted by atomic mass is 32.2. The van der Waals surface area contributed by atoms with Crippen LogP contribution in [0.15, 0.2) is 71.6 Å². The van der Waals surface area contributed by atoms with Crippen molar-refractivity contribution in [3.05, 3.63) is 77.9 Å². The predicted octanol–water partition coefficient (Wildman–Crippen LogP) is 3.73. The van der Waals surface area contributed by atoms with Crippen LogP contribution in [0.2, 0.25) is 0 Å². The first-order valence-corrected chi connectivity index (χ1v) is 16.3. The van der Waals surface area contributed by atoms with Crippen molar-refractivity contribution in [1.29, 1.82) is 0 Å². The number of carbonyl (C=O) groups is 1. The molecule has 228 valence electrons. The van der Waals surface area contributed by atoms with Gasteiger partial charge in [0.2, 0.25) is 15.9 Å². The minimum atomic E-state index is -4.15. The molecule has 2 atom stereocenters. The molecule has 3 aromatic rings. The molecule has 3 aliphatic heterocycles. The van der Waals surface area contributed by atoms with E-state index >= 15 is 0 Å². The second-order valence-electron chi connectivity index (χ2n) is 11.9. The quantitative estimate of drug-likeness (QED) is 0.467. The molecule has 0 unspecified atom stereocenters. The van der Waals surface area contributed by atoms with E-state index in [1.807, 2.05) is 30.3 Å². The van der Waals surface area contributed by atoms with E-state index in [9.17, 15) is 18.3 Å². The molecule has 3 aliphatic rings. The zero-order valence-corrected chi connectivity index (χ0v) is 25.5. The maximum Gasteiger partial charge on any atom is 0.247 e. The first kappa shape index (κ1) is 29.6. The summed E-state index contributed by atoms with van der Waals surface area (Å²) >= 11 is 0. The molecule has 3 aromatic carbocycles. The fraction of sp³-hybridized carbons (Fsp3) is 0.424. The average molecular weight is 606 g/mol. The largest absolute Gasteiger partial charge is 0.497 e. The number of aliphatic hydroxyl groups excluding tert-OH is 1. The van der Waals surface area contributed by atoms with E-state index in [1.54, 1.807) is 19.2 Å². The van der Waals surface area contributed by atoms with Crippen LogP contribution >= 0.6 is 0 Å². The van der Waals surface area contributed by atoms with Crippen LogP contribution in [0.1, 0.15) is 36.8 Å². The number of likely N-dealkylation sites (tertiary alicyclic amines) is 1. The summed E-state index contributed by atoms with van der Waals surface area (Å²) in [5.74, 6) is 0.572. The standard InChI is InChI=1S/C33H39N3O6S/c1-23-6-3-4-7-26(23)21-35-15-12-33(13-16-35)14-17-42-30-19-25(24-8-5-9-28(18-24)41-2)10-11-31(30)43(39,40)36-22-27(37)20-29(36)32(38)34-33/h3-11,18-19,27,29,37H,12-17,20-22H2,1-2H3,(H,34,38)/t27-,29+/m1/s1. The third-order valence-corrected chi connectivity index (χ3v) is 11.1. The van der Waals surface area contributed by atoms with E-state index in [0.29, 0.717) is 25.0 Å². The number of hydrogen-bond acceptors (Lipinski definition) is 7. The fourth-order valence-corrected chi connectivity index (χ4v) is 8.29. The minimum absolute atomic E-state index is 0.00459. The number of hydrogen-bond donors (Lipinski definition) is 2. The third-order valence-electron chi connectivity index (χ3n) is 9.16. The molecule has 0 bridgehead atoms. The first-order valence-electron chi connectivity index (χ1n) is 14.9. The van der Waals surface area contributed by atoms with E-state index in [1.165, 1.54) is 17.2 Å². The minimum Gasteiger partial charge on any atom is -0.497 e. The van der Waals surface area contributed by atoms with Crippen molar-refractivity contribution in [2.24, 2.45) is 0 Å².